The van der Waals surface area contributed by atoms with Gasteiger partial charge in [-0.15, -0.1) is 0 Å². The van der Waals surface area contributed by atoms with Crippen molar-refractivity contribution in [1.29, 1.82) is 0 Å². The molecule has 18 heteroatoms. The third-order valence-electron chi connectivity index (χ3n) is 7.75. The maximum atomic E-state index is 13.7. The van der Waals surface area contributed by atoms with E-state index in [1.807, 2.05) is 0 Å². The number of aliphatic hydroxyl groups excluding tert-OH is 4. The van der Waals surface area contributed by atoms with Crippen molar-refractivity contribution in [3.63, 3.8) is 0 Å². The second kappa shape index (κ2) is 26.2. The molecule has 6 N–H and O–H groups in total. The van der Waals surface area contributed by atoms with E-state index in [4.69, 9.17) is 39.1 Å². The van der Waals surface area contributed by atoms with E-state index in [0.717, 1.165) is 0 Å². The number of nitrogens with zero attached hydrogens (tertiary/aromatic N) is 3. The monoisotopic (exact) mass is 723 g/mol. The van der Waals surface area contributed by atoms with Gasteiger partial charge in [0.2, 0.25) is 0 Å². The van der Waals surface area contributed by atoms with E-state index in [1.165, 1.54) is 0 Å². The summed E-state index contributed by atoms with van der Waals surface area (Å²) < 4.78 is 32.2. The van der Waals surface area contributed by atoms with E-state index in [2.05, 4.69) is 20.7 Å². The first-order chi connectivity index (χ1) is 23.6. The fraction of sp³-hybridized carbons (Fsp3) is 0.906. The summed E-state index contributed by atoms with van der Waals surface area (Å²) in [5.41, 5.74) is 4.23. The van der Waals surface area contributed by atoms with E-state index >= 15 is 0 Å². The minimum atomic E-state index is -1.45. The summed E-state index contributed by atoms with van der Waals surface area (Å²) in [7, 11) is 1.65. The molecule has 0 aromatic carbocycles. The molecule has 0 spiro atoms. The highest BCUT2D eigenvalue weighted by Crippen LogP contribution is 2.45. The van der Waals surface area contributed by atoms with Crippen LogP contribution in [0.3, 0.4) is 0 Å². The molecule has 292 valence electrons. The molecule has 0 saturated heterocycles. The second-order valence-corrected chi connectivity index (χ2v) is 13.2. The molecule has 0 aliphatic heterocycles. The highest BCUT2D eigenvalue weighted by atomic mass is 16.6. The highest BCUT2D eigenvalue weighted by Gasteiger charge is 2.50. The topological polar surface area (TPSA) is 260 Å². The van der Waals surface area contributed by atoms with Gasteiger partial charge in [0.05, 0.1) is 62.5 Å². The molecule has 0 saturated carbocycles. The van der Waals surface area contributed by atoms with Gasteiger partial charge in [-0.3, -0.25) is 14.4 Å². The molecule has 0 rings (SSSR count). The summed E-state index contributed by atoms with van der Waals surface area (Å²) in [4.78, 5) is 42.6. The average Bonchev–Trinajstić information content (AvgIpc) is 3.07. The Morgan fingerprint density at radius 1 is 0.740 bits per heavy atom. The lowest BCUT2D eigenvalue weighted by Crippen LogP contribution is -2.45. The molecule has 50 heavy (non-hydrogen) atoms. The average molecular weight is 724 g/mol. The number of azide groups is 1. The van der Waals surface area contributed by atoms with Gasteiger partial charge in [0, 0.05) is 31.1 Å². The van der Waals surface area contributed by atoms with E-state index in [1.54, 1.807) is 41.7 Å². The van der Waals surface area contributed by atoms with Gasteiger partial charge in [-0.2, -0.15) is 0 Å². The number of hydrogen-bond acceptors (Lipinski definition) is 16. The van der Waals surface area contributed by atoms with Crippen LogP contribution in [0.4, 0.5) is 0 Å². The van der Waals surface area contributed by atoms with Gasteiger partial charge in [0.1, 0.15) is 38.1 Å². The lowest BCUT2D eigenvalue weighted by atomic mass is 9.65. The lowest BCUT2D eigenvalue weighted by Gasteiger charge is -2.39. The van der Waals surface area contributed by atoms with Crippen LogP contribution in [-0.4, -0.2) is 156 Å². The van der Waals surface area contributed by atoms with Crippen LogP contribution in [0.2, 0.25) is 0 Å². The van der Waals surface area contributed by atoms with Crippen LogP contribution in [0.15, 0.2) is 5.11 Å². The van der Waals surface area contributed by atoms with Crippen LogP contribution < -0.4 is 10.6 Å². The number of likely N-dealkylation sites (N-methyl/N-ethyl adjacent to an activating group) is 1. The highest BCUT2D eigenvalue weighted by molar-refractivity contribution is 5.82. The molecule has 0 bridgehead atoms. The zero-order valence-electron chi connectivity index (χ0n) is 30.6. The van der Waals surface area contributed by atoms with Crippen molar-refractivity contribution < 1.29 is 63.2 Å². The standard InChI is InChI=1S/C32H61N5O13/c1-7-31(4,28(43)49-19-24(39)16-34-6)23-32(5,22-30(2,3)27(42)48-21-26(41)18-38)29(44)50-20-25(40)17-35-8-10-45-12-14-47-15-13-46-11-9-36-37-33/h24-26,34-35,38-41H,7-23H2,1-6H3. The number of rotatable bonds is 31. The fourth-order valence-corrected chi connectivity index (χ4v) is 5.03. The fourth-order valence-electron chi connectivity index (χ4n) is 5.03. The van der Waals surface area contributed by atoms with Gasteiger partial charge in [-0.25, -0.2) is 0 Å². The number of ether oxygens (including phenoxy) is 6. The van der Waals surface area contributed by atoms with Gasteiger partial charge >= 0.3 is 17.9 Å². The minimum Gasteiger partial charge on any atom is -0.462 e. The normalized spacial score (nSPS) is 15.9. The first-order valence-corrected chi connectivity index (χ1v) is 16.9. The van der Waals surface area contributed by atoms with Crippen LogP contribution in [0.25, 0.3) is 10.4 Å². The van der Waals surface area contributed by atoms with Crippen molar-refractivity contribution in [3.05, 3.63) is 10.4 Å². The smallest absolute Gasteiger partial charge is 0.311 e. The molecule has 5 unspecified atom stereocenters. The molecule has 0 aliphatic rings. The molecule has 0 amide bonds. The quantitative estimate of drug-likeness (QED) is 0.0138. The Hall–Kier alpha value is -2.64. The van der Waals surface area contributed by atoms with E-state index in [-0.39, 0.29) is 52.1 Å². The Bertz CT molecular complexity index is 1020. The number of hydrogen-bond donors (Lipinski definition) is 6. The maximum Gasteiger partial charge on any atom is 0.311 e. The Balaban J connectivity index is 5.19. The first kappa shape index (κ1) is 47.4. The van der Waals surface area contributed by atoms with E-state index < -0.39 is 65.7 Å². The van der Waals surface area contributed by atoms with Crippen molar-refractivity contribution in [2.75, 3.05) is 99.3 Å². The molecule has 0 radical (unpaired) electrons. The third-order valence-corrected chi connectivity index (χ3v) is 7.75. The van der Waals surface area contributed by atoms with Crippen molar-refractivity contribution in [2.45, 2.75) is 72.2 Å². The van der Waals surface area contributed by atoms with Gasteiger partial charge in [-0.1, -0.05) is 12.0 Å². The molecular formula is C32H61N5O13. The van der Waals surface area contributed by atoms with Crippen molar-refractivity contribution in [2.24, 2.45) is 21.4 Å². The molecule has 0 aliphatic carbocycles. The van der Waals surface area contributed by atoms with Crippen LogP contribution in [0, 0.1) is 16.2 Å². The molecule has 5 atom stereocenters. The molecule has 0 fully saturated rings. The summed E-state index contributed by atoms with van der Waals surface area (Å²) >= 11 is 0. The molecule has 0 heterocycles. The van der Waals surface area contributed by atoms with Crippen molar-refractivity contribution in [3.8, 4) is 0 Å². The van der Waals surface area contributed by atoms with Gasteiger partial charge in [0.25, 0.3) is 0 Å². The summed E-state index contributed by atoms with van der Waals surface area (Å²) in [6.45, 7) is 9.52. The van der Waals surface area contributed by atoms with Gasteiger partial charge in [-0.05, 0) is 59.5 Å². The Kier molecular flexibility index (Phi) is 24.8. The summed E-state index contributed by atoms with van der Waals surface area (Å²) in [6, 6.07) is 0. The summed E-state index contributed by atoms with van der Waals surface area (Å²) in [5.74, 6) is -2.11. The zero-order chi connectivity index (χ0) is 38.1. The maximum absolute atomic E-state index is 13.7. The summed E-state index contributed by atoms with van der Waals surface area (Å²) in [5, 5.41) is 48.4. The van der Waals surface area contributed by atoms with Gasteiger partial charge < -0.3 is 59.5 Å². The largest absolute Gasteiger partial charge is 0.462 e. The molecular weight excluding hydrogens is 662 g/mol. The second-order valence-electron chi connectivity index (χ2n) is 13.2. The Morgan fingerprint density at radius 2 is 1.24 bits per heavy atom. The number of aliphatic hydroxyl groups is 4. The molecule has 0 aromatic heterocycles. The lowest BCUT2D eigenvalue weighted by molar-refractivity contribution is -0.172. The molecule has 0 aromatic rings. The van der Waals surface area contributed by atoms with Crippen LogP contribution in [-0.2, 0) is 42.8 Å². The predicted molar refractivity (Wildman–Crippen MR) is 181 cm³/mol. The minimum absolute atomic E-state index is 0.0912. The van der Waals surface area contributed by atoms with Crippen LogP contribution in [0.5, 0.6) is 0 Å². The summed E-state index contributed by atoms with van der Waals surface area (Å²) in [6.07, 6.45) is -3.22. The zero-order valence-corrected chi connectivity index (χ0v) is 30.6. The predicted octanol–water partition coefficient (Wildman–Crippen LogP) is 0.0891. The van der Waals surface area contributed by atoms with Crippen molar-refractivity contribution in [1.82, 2.24) is 10.6 Å². The van der Waals surface area contributed by atoms with Gasteiger partial charge in [0.15, 0.2) is 0 Å². The first-order valence-electron chi connectivity index (χ1n) is 16.9. The number of nitrogens with one attached hydrogen (secondary N) is 2. The SMILES string of the molecule is CCC(C)(CC(C)(CC(C)(C)C(=O)OCC(O)CO)C(=O)OCC(O)CNCCOCCOCCOCCN=[N+]=[N-])C(=O)OCC(O)CNC. The Labute approximate surface area is 295 Å². The Morgan fingerprint density at radius 3 is 1.78 bits per heavy atom. The number of esters is 3. The number of carbonyl (C=O) groups excluding carboxylic acids is 3. The van der Waals surface area contributed by atoms with Crippen LogP contribution in [0.1, 0.15) is 53.9 Å². The van der Waals surface area contributed by atoms with Crippen molar-refractivity contribution >= 4 is 17.9 Å². The van der Waals surface area contributed by atoms with E-state index in [9.17, 15) is 29.7 Å². The van der Waals surface area contributed by atoms with Crippen LogP contribution >= 0.6 is 0 Å². The van der Waals surface area contributed by atoms with E-state index in [0.29, 0.717) is 46.2 Å². The number of carbonyl (C=O) groups is 3. The molecule has 18 nitrogen and oxygen atoms in total. The third kappa shape index (κ3) is 20.3.